The number of alkyl carbamates (subject to hydrolysis) is 1. The van der Waals surface area contributed by atoms with Crippen LogP contribution >= 0.6 is 23.5 Å². The summed E-state index contributed by atoms with van der Waals surface area (Å²) in [7, 11) is -16.9. The van der Waals surface area contributed by atoms with Crippen LogP contribution in [0.1, 0.15) is 45.4 Å². The number of phosphoric ester groups is 1. The van der Waals surface area contributed by atoms with E-state index in [4.69, 9.17) is 24.0 Å². The fourth-order valence-electron chi connectivity index (χ4n) is 3.20. The number of hydrogen-bond donors (Lipinski definition) is 7. The number of hydrogen-bond acceptors (Lipinski definition) is 14. The second kappa shape index (κ2) is 15.1. The molecule has 0 spiro atoms. The van der Waals surface area contributed by atoms with Crippen molar-refractivity contribution in [1.82, 2.24) is 14.9 Å². The second-order valence-electron chi connectivity index (χ2n) is 9.67. The first-order valence-corrected chi connectivity index (χ1v) is 16.7. The lowest BCUT2D eigenvalue weighted by atomic mass is 10.2. The Morgan fingerprint density at radius 1 is 1.14 bits per heavy atom. The van der Waals surface area contributed by atoms with Crippen molar-refractivity contribution in [3.63, 3.8) is 0 Å². The number of nitrogens with zero attached hydrogens (tertiary/aromatic N) is 1. The quantitative estimate of drug-likeness (QED) is 0.0811. The molecule has 0 aliphatic carbocycles. The van der Waals surface area contributed by atoms with Crippen LogP contribution in [-0.2, 0) is 45.8 Å². The Balaban J connectivity index is 1.96. The first-order chi connectivity index (χ1) is 20.1. The number of carbonyl (C=O) groups is 2. The predicted molar refractivity (Wildman–Crippen MR) is 142 cm³/mol. The third-order valence-electron chi connectivity index (χ3n) is 4.83. The van der Waals surface area contributed by atoms with Gasteiger partial charge < -0.3 is 44.2 Å². The summed E-state index contributed by atoms with van der Waals surface area (Å²) in [4.78, 5) is 85.7. The van der Waals surface area contributed by atoms with Gasteiger partial charge in [0.05, 0.1) is 19.1 Å². The summed E-state index contributed by atoms with van der Waals surface area (Å²) in [6.45, 7) is 3.50. The van der Waals surface area contributed by atoms with Crippen molar-refractivity contribution in [1.29, 1.82) is 0 Å². The zero-order chi connectivity index (χ0) is 33.5. The van der Waals surface area contributed by atoms with Crippen molar-refractivity contribution in [2.24, 2.45) is 0 Å². The Hall–Kier alpha value is -2.69. The van der Waals surface area contributed by atoms with Gasteiger partial charge in [0.1, 0.15) is 23.5 Å². The number of carbonyl (C=O) groups excluding carboxylic acids is 2. The van der Waals surface area contributed by atoms with Gasteiger partial charge in [-0.2, -0.15) is 8.62 Å². The minimum Gasteiger partial charge on any atom is -0.452 e. The highest BCUT2D eigenvalue weighted by Crippen LogP contribution is 2.66. The van der Waals surface area contributed by atoms with Crippen molar-refractivity contribution < 1.29 is 75.3 Å². The minimum atomic E-state index is -5.77. The van der Waals surface area contributed by atoms with E-state index in [0.29, 0.717) is 0 Å². The molecule has 1 aromatic rings. The number of phosphoric acid groups is 3. The van der Waals surface area contributed by atoms with E-state index < -0.39 is 84.0 Å². The van der Waals surface area contributed by atoms with E-state index in [2.05, 4.69) is 30.3 Å². The highest BCUT2D eigenvalue weighted by atomic mass is 31.3. The molecule has 0 aromatic carbocycles. The van der Waals surface area contributed by atoms with Gasteiger partial charge in [-0.25, -0.2) is 23.3 Å². The number of ether oxygens (including phenoxy) is 3. The Morgan fingerprint density at radius 2 is 1.80 bits per heavy atom. The maximum atomic E-state index is 12.3. The van der Waals surface area contributed by atoms with E-state index in [0.717, 1.165) is 10.8 Å². The standard InChI is InChI=1S/C20H30N3O18P3/c1-20(2,3)39-19(28)21-7-6-16(25)36-8-4-5-12-10-23(18(27)22-17(12)26)15-9-13(24)14(38-15)11-37-43(32,33)41-44(34,35)40-42(29,30)31/h10,13-15,24H,6-9,11H2,1-3H3,(H,21,28)(H,32,33)(H,34,35)(H,22,26,27)(H2,29,30,31). The number of aromatic amines is 1. The molecule has 2 rings (SSSR count). The summed E-state index contributed by atoms with van der Waals surface area (Å²) in [6.07, 6.45) is -4.44. The normalized spacial score (nSPS) is 21.3. The monoisotopic (exact) mass is 693 g/mol. The van der Waals surface area contributed by atoms with E-state index in [1.807, 2.05) is 4.98 Å². The number of rotatable bonds is 12. The molecule has 21 nitrogen and oxygen atoms in total. The predicted octanol–water partition coefficient (Wildman–Crippen LogP) is -0.662. The lowest BCUT2D eigenvalue weighted by molar-refractivity contribution is -0.142. The van der Waals surface area contributed by atoms with Crippen molar-refractivity contribution in [2.75, 3.05) is 19.8 Å². The van der Waals surface area contributed by atoms with Gasteiger partial charge >= 0.3 is 41.2 Å². The maximum absolute atomic E-state index is 12.3. The minimum absolute atomic E-state index is 0.0682. The molecule has 44 heavy (non-hydrogen) atoms. The van der Waals surface area contributed by atoms with Crippen LogP contribution in [0, 0.1) is 11.8 Å². The SMILES string of the molecule is CC(C)(C)OC(=O)NCCC(=O)OCC#Cc1cn(C2CC(O)C(COP(=O)(O)OP(=O)(O)OP(=O)(O)O)O2)c(=O)[nH]c1=O. The number of nitrogens with one attached hydrogen (secondary N) is 2. The third-order valence-corrected chi connectivity index (χ3v) is 8.63. The maximum Gasteiger partial charge on any atom is 0.490 e. The summed E-state index contributed by atoms with van der Waals surface area (Å²) in [5.41, 5.74) is -2.89. The molecule has 7 N–H and O–H groups in total. The number of aliphatic hydroxyl groups excluding tert-OH is 1. The Bertz CT molecular complexity index is 1530. The van der Waals surface area contributed by atoms with Crippen LogP contribution in [-0.4, -0.2) is 83.9 Å². The molecule has 0 radical (unpaired) electrons. The van der Waals surface area contributed by atoms with E-state index in [9.17, 15) is 47.8 Å². The van der Waals surface area contributed by atoms with Crippen LogP contribution in [0.4, 0.5) is 4.79 Å². The molecule has 1 aliphatic heterocycles. The van der Waals surface area contributed by atoms with E-state index in [1.165, 1.54) is 0 Å². The van der Waals surface area contributed by atoms with Crippen LogP contribution in [0.25, 0.3) is 0 Å². The highest BCUT2D eigenvalue weighted by Gasteiger charge is 2.43. The first kappa shape index (κ1) is 37.5. The molecule has 5 atom stereocenters. The highest BCUT2D eigenvalue weighted by molar-refractivity contribution is 7.66. The Kier molecular flexibility index (Phi) is 12.8. The van der Waals surface area contributed by atoms with Crippen LogP contribution in [0.15, 0.2) is 15.8 Å². The molecule has 1 saturated heterocycles. The van der Waals surface area contributed by atoms with Crippen LogP contribution in [0.2, 0.25) is 0 Å². The molecule has 0 saturated carbocycles. The van der Waals surface area contributed by atoms with Gasteiger partial charge in [-0.3, -0.25) is 23.7 Å². The molecular formula is C20H30N3O18P3. The molecule has 1 aliphatic rings. The summed E-state index contributed by atoms with van der Waals surface area (Å²) in [6, 6.07) is 0. The molecule has 1 aromatic heterocycles. The lowest BCUT2D eigenvalue weighted by Gasteiger charge is -2.19. The summed E-state index contributed by atoms with van der Waals surface area (Å²) < 4.78 is 61.8. The molecule has 5 unspecified atom stereocenters. The molecule has 1 fully saturated rings. The fourth-order valence-corrected chi connectivity index (χ4v) is 6.23. The molecule has 1 amide bonds. The van der Waals surface area contributed by atoms with Crippen molar-refractivity contribution in [3.05, 3.63) is 32.6 Å². The van der Waals surface area contributed by atoms with Gasteiger partial charge in [-0.1, -0.05) is 11.8 Å². The molecule has 0 bridgehead atoms. The zero-order valence-corrected chi connectivity index (χ0v) is 25.9. The summed E-state index contributed by atoms with van der Waals surface area (Å²) in [5.74, 6) is 4.08. The average Bonchev–Trinajstić information content (AvgIpc) is 3.18. The summed E-state index contributed by atoms with van der Waals surface area (Å²) >= 11 is 0. The Labute approximate surface area is 247 Å². The molecule has 24 heteroatoms. The van der Waals surface area contributed by atoms with Gasteiger partial charge in [0.25, 0.3) is 5.56 Å². The van der Waals surface area contributed by atoms with Crippen LogP contribution in [0.3, 0.4) is 0 Å². The summed E-state index contributed by atoms with van der Waals surface area (Å²) in [5, 5.41) is 12.6. The Morgan fingerprint density at radius 3 is 2.41 bits per heavy atom. The van der Waals surface area contributed by atoms with Gasteiger partial charge in [0, 0.05) is 19.2 Å². The van der Waals surface area contributed by atoms with Gasteiger partial charge in [0.15, 0.2) is 6.61 Å². The third kappa shape index (κ3) is 13.5. The van der Waals surface area contributed by atoms with Gasteiger partial charge in [-0.05, 0) is 20.8 Å². The number of esters is 1. The fraction of sp³-hybridized carbons (Fsp3) is 0.600. The number of H-pyrrole nitrogens is 1. The average molecular weight is 693 g/mol. The smallest absolute Gasteiger partial charge is 0.452 e. The van der Waals surface area contributed by atoms with Crippen molar-refractivity contribution >= 4 is 35.5 Å². The van der Waals surface area contributed by atoms with E-state index >= 15 is 0 Å². The number of aliphatic hydroxyl groups is 1. The molecule has 248 valence electrons. The zero-order valence-electron chi connectivity index (χ0n) is 23.2. The topological polar surface area (TPSA) is 309 Å². The first-order valence-electron chi connectivity index (χ1n) is 12.1. The van der Waals surface area contributed by atoms with E-state index in [1.54, 1.807) is 20.8 Å². The van der Waals surface area contributed by atoms with Gasteiger partial charge in [0.2, 0.25) is 0 Å². The van der Waals surface area contributed by atoms with Crippen molar-refractivity contribution in [2.45, 2.75) is 57.6 Å². The number of amides is 1. The lowest BCUT2D eigenvalue weighted by Crippen LogP contribution is -2.34. The van der Waals surface area contributed by atoms with Crippen LogP contribution in [0.5, 0.6) is 0 Å². The second-order valence-corrected chi connectivity index (χ2v) is 14.1. The van der Waals surface area contributed by atoms with Crippen LogP contribution < -0.4 is 16.6 Å². The number of aromatic nitrogens is 2. The van der Waals surface area contributed by atoms with Gasteiger partial charge in [-0.15, -0.1) is 0 Å². The van der Waals surface area contributed by atoms with Crippen molar-refractivity contribution in [3.8, 4) is 11.8 Å². The molecular weight excluding hydrogens is 663 g/mol. The van der Waals surface area contributed by atoms with E-state index in [-0.39, 0.29) is 24.9 Å². The largest absolute Gasteiger partial charge is 0.490 e. The molecule has 2 heterocycles.